The third-order valence-electron chi connectivity index (χ3n) is 2.58. The van der Waals surface area contributed by atoms with Gasteiger partial charge in [0.15, 0.2) is 0 Å². The van der Waals surface area contributed by atoms with E-state index in [-0.39, 0.29) is 0 Å². The lowest BCUT2D eigenvalue weighted by molar-refractivity contribution is 1.43. The lowest BCUT2D eigenvalue weighted by Gasteiger charge is -2.03. The van der Waals surface area contributed by atoms with Crippen LogP contribution < -0.4 is 0 Å². The summed E-state index contributed by atoms with van der Waals surface area (Å²) in [5.41, 5.74) is 4.46. The van der Waals surface area contributed by atoms with Gasteiger partial charge in [-0.2, -0.15) is 11.3 Å². The fourth-order valence-corrected chi connectivity index (χ4v) is 2.25. The molecule has 0 nitrogen and oxygen atoms in total. The Hall–Kier alpha value is -2.04. The van der Waals surface area contributed by atoms with Gasteiger partial charge in [-0.1, -0.05) is 48.8 Å². The molecule has 88 valence electrons. The molecule has 0 saturated heterocycles. The minimum Gasteiger partial charge on any atom is -0.151 e. The average molecular weight is 250 g/mol. The van der Waals surface area contributed by atoms with Crippen LogP contribution in [-0.4, -0.2) is 0 Å². The standard InChI is InChI=1S/C17H14S/c1-3-6-16(10-9-15-11-12-18-13-15)17-8-5-4-7-14(17)2/h3-8,11-13H,1H2,2H3/b16-6-. The molecule has 0 unspecified atom stereocenters. The van der Waals surface area contributed by atoms with Gasteiger partial charge in [0.05, 0.1) is 0 Å². The Balaban J connectivity index is 2.39. The summed E-state index contributed by atoms with van der Waals surface area (Å²) in [6.07, 6.45) is 3.74. The van der Waals surface area contributed by atoms with Crippen LogP contribution in [0.15, 0.2) is 59.8 Å². The van der Waals surface area contributed by atoms with Crippen molar-refractivity contribution < 1.29 is 0 Å². The SMILES string of the molecule is C=C/C=C(/C#Cc1ccsc1)c1ccccc1C. The molecule has 0 atom stereocenters. The van der Waals surface area contributed by atoms with Crippen molar-refractivity contribution in [3.05, 3.63) is 76.5 Å². The van der Waals surface area contributed by atoms with Crippen LogP contribution in [0.3, 0.4) is 0 Å². The zero-order chi connectivity index (χ0) is 12.8. The summed E-state index contributed by atoms with van der Waals surface area (Å²) < 4.78 is 0. The van der Waals surface area contributed by atoms with Gasteiger partial charge in [-0.05, 0) is 35.6 Å². The Morgan fingerprint density at radius 1 is 1.28 bits per heavy atom. The van der Waals surface area contributed by atoms with Crippen LogP contribution >= 0.6 is 11.3 Å². The minimum absolute atomic E-state index is 1.01. The second kappa shape index (κ2) is 6.05. The van der Waals surface area contributed by atoms with E-state index in [4.69, 9.17) is 0 Å². The molecule has 0 aliphatic carbocycles. The number of hydrogen-bond donors (Lipinski definition) is 0. The average Bonchev–Trinajstić information content (AvgIpc) is 2.88. The van der Waals surface area contributed by atoms with E-state index in [9.17, 15) is 0 Å². The normalized spacial score (nSPS) is 10.6. The topological polar surface area (TPSA) is 0 Å². The molecule has 1 heterocycles. The van der Waals surface area contributed by atoms with Crippen molar-refractivity contribution in [2.24, 2.45) is 0 Å². The highest BCUT2D eigenvalue weighted by Crippen LogP contribution is 2.18. The van der Waals surface area contributed by atoms with Crippen LogP contribution in [0.2, 0.25) is 0 Å². The summed E-state index contributed by atoms with van der Waals surface area (Å²) in [5, 5.41) is 4.09. The van der Waals surface area contributed by atoms with Crippen LogP contribution in [-0.2, 0) is 0 Å². The molecule has 2 aromatic rings. The molecule has 0 saturated carbocycles. The maximum Gasteiger partial charge on any atom is 0.0356 e. The molecule has 0 spiro atoms. The molecular formula is C17H14S. The fraction of sp³-hybridized carbons (Fsp3) is 0.0588. The van der Waals surface area contributed by atoms with Gasteiger partial charge < -0.3 is 0 Å². The molecule has 1 aromatic heterocycles. The quantitative estimate of drug-likeness (QED) is 0.536. The molecule has 0 amide bonds. The van der Waals surface area contributed by atoms with Gasteiger partial charge in [0, 0.05) is 16.5 Å². The number of rotatable bonds is 2. The zero-order valence-electron chi connectivity index (χ0n) is 10.3. The van der Waals surface area contributed by atoms with Crippen LogP contribution in [0.5, 0.6) is 0 Å². The number of benzene rings is 1. The molecule has 18 heavy (non-hydrogen) atoms. The first-order chi connectivity index (χ1) is 8.81. The van der Waals surface area contributed by atoms with Gasteiger partial charge in [0.25, 0.3) is 0 Å². The van der Waals surface area contributed by atoms with E-state index in [1.807, 2.05) is 29.7 Å². The predicted molar refractivity (Wildman–Crippen MR) is 80.6 cm³/mol. The minimum atomic E-state index is 1.01. The van der Waals surface area contributed by atoms with Gasteiger partial charge in [-0.15, -0.1) is 0 Å². The van der Waals surface area contributed by atoms with Crippen LogP contribution in [0, 0.1) is 18.8 Å². The first-order valence-electron chi connectivity index (χ1n) is 5.74. The molecule has 0 aliphatic rings. The first kappa shape index (κ1) is 12.4. The fourth-order valence-electron chi connectivity index (χ4n) is 1.67. The van der Waals surface area contributed by atoms with Gasteiger partial charge >= 0.3 is 0 Å². The smallest absolute Gasteiger partial charge is 0.0356 e. The summed E-state index contributed by atoms with van der Waals surface area (Å²) >= 11 is 1.66. The molecule has 0 fully saturated rings. The van der Waals surface area contributed by atoms with Crippen LogP contribution in [0.1, 0.15) is 16.7 Å². The molecule has 2 rings (SSSR count). The third-order valence-corrected chi connectivity index (χ3v) is 3.27. The summed E-state index contributed by atoms with van der Waals surface area (Å²) in [6.45, 7) is 5.85. The molecule has 0 aliphatic heterocycles. The summed E-state index contributed by atoms with van der Waals surface area (Å²) in [5.74, 6) is 6.41. The van der Waals surface area contributed by atoms with Crippen LogP contribution in [0.4, 0.5) is 0 Å². The van der Waals surface area contributed by atoms with Gasteiger partial charge in [0.2, 0.25) is 0 Å². The zero-order valence-corrected chi connectivity index (χ0v) is 11.1. The Labute approximate surface area is 112 Å². The largest absolute Gasteiger partial charge is 0.151 e. The molecular weight excluding hydrogens is 236 g/mol. The monoisotopic (exact) mass is 250 g/mol. The van der Waals surface area contributed by atoms with Gasteiger partial charge in [-0.3, -0.25) is 0 Å². The van der Waals surface area contributed by atoms with Gasteiger partial charge in [0.1, 0.15) is 0 Å². The Morgan fingerprint density at radius 3 is 2.78 bits per heavy atom. The summed E-state index contributed by atoms with van der Waals surface area (Å²) in [7, 11) is 0. The summed E-state index contributed by atoms with van der Waals surface area (Å²) in [4.78, 5) is 0. The van der Waals surface area contributed by atoms with Crippen molar-refractivity contribution >= 4 is 16.9 Å². The van der Waals surface area contributed by atoms with Crippen molar-refractivity contribution in [1.29, 1.82) is 0 Å². The van der Waals surface area contributed by atoms with Crippen LogP contribution in [0.25, 0.3) is 5.57 Å². The molecule has 0 bridgehead atoms. The first-order valence-corrected chi connectivity index (χ1v) is 6.68. The van der Waals surface area contributed by atoms with E-state index < -0.39 is 0 Å². The lowest BCUT2D eigenvalue weighted by atomic mass is 10.0. The highest BCUT2D eigenvalue weighted by atomic mass is 32.1. The van der Waals surface area contributed by atoms with Crippen molar-refractivity contribution in [3.8, 4) is 11.8 Å². The van der Waals surface area contributed by atoms with Crippen molar-refractivity contribution in [3.63, 3.8) is 0 Å². The molecule has 1 aromatic carbocycles. The Kier molecular flexibility index (Phi) is 4.17. The molecule has 1 heteroatoms. The number of hydrogen-bond acceptors (Lipinski definition) is 1. The van der Waals surface area contributed by atoms with E-state index in [0.29, 0.717) is 0 Å². The molecule has 0 radical (unpaired) electrons. The van der Waals surface area contributed by atoms with Gasteiger partial charge in [-0.25, -0.2) is 0 Å². The Bertz CT molecular complexity index is 619. The van der Waals surface area contributed by atoms with E-state index in [1.165, 1.54) is 11.1 Å². The van der Waals surface area contributed by atoms with Crippen molar-refractivity contribution in [2.45, 2.75) is 6.92 Å². The van der Waals surface area contributed by atoms with E-state index in [2.05, 4.69) is 42.9 Å². The second-order valence-corrected chi connectivity index (χ2v) is 4.67. The number of allylic oxidation sites excluding steroid dienone is 3. The maximum absolute atomic E-state index is 3.76. The number of thiophene rings is 1. The Morgan fingerprint density at radius 2 is 2.11 bits per heavy atom. The molecule has 0 N–H and O–H groups in total. The van der Waals surface area contributed by atoms with E-state index >= 15 is 0 Å². The van der Waals surface area contributed by atoms with E-state index in [1.54, 1.807) is 17.4 Å². The van der Waals surface area contributed by atoms with Crippen molar-refractivity contribution in [2.75, 3.05) is 0 Å². The predicted octanol–water partition coefficient (Wildman–Crippen LogP) is 4.68. The number of aryl methyl sites for hydroxylation is 1. The maximum atomic E-state index is 3.76. The highest BCUT2D eigenvalue weighted by molar-refractivity contribution is 7.08. The third kappa shape index (κ3) is 3.00. The lowest BCUT2D eigenvalue weighted by Crippen LogP contribution is -1.86. The van der Waals surface area contributed by atoms with Crippen molar-refractivity contribution in [1.82, 2.24) is 0 Å². The highest BCUT2D eigenvalue weighted by Gasteiger charge is 2.00. The van der Waals surface area contributed by atoms with E-state index in [0.717, 1.165) is 11.1 Å². The summed E-state index contributed by atoms with van der Waals surface area (Å²) in [6, 6.07) is 10.3. The second-order valence-electron chi connectivity index (χ2n) is 3.89.